The molecular weight excluding hydrogens is 416 g/mol. The lowest BCUT2D eigenvalue weighted by molar-refractivity contribution is -0.529. The second kappa shape index (κ2) is 8.16. The fourth-order valence-corrected chi connectivity index (χ4v) is 5.05. The molecule has 4 atom stereocenters. The molecule has 0 aliphatic carbocycles. The van der Waals surface area contributed by atoms with E-state index < -0.39 is 24.0 Å². The topological polar surface area (TPSA) is 79.0 Å². The molecule has 33 heavy (non-hydrogen) atoms. The Labute approximate surface area is 192 Å². The predicted octanol–water partition coefficient (Wildman–Crippen LogP) is 4.14. The smallest absolute Gasteiger partial charge is 0.248 e. The largest absolute Gasteiger partial charge is 0.378 e. The summed E-state index contributed by atoms with van der Waals surface area (Å²) in [4.78, 5) is 28.1. The lowest BCUT2D eigenvalue weighted by Gasteiger charge is -2.30. The van der Waals surface area contributed by atoms with Crippen molar-refractivity contribution in [2.75, 3.05) is 19.0 Å². The number of fused-ring (bicyclic) bond motifs is 3. The van der Waals surface area contributed by atoms with E-state index in [4.69, 9.17) is 0 Å². The number of benzene rings is 3. The minimum Gasteiger partial charge on any atom is -0.378 e. The maximum atomic E-state index is 13.8. The van der Waals surface area contributed by atoms with Crippen molar-refractivity contribution in [2.24, 2.45) is 5.10 Å². The van der Waals surface area contributed by atoms with Gasteiger partial charge in [-0.05, 0) is 23.3 Å². The highest BCUT2D eigenvalue weighted by Crippen LogP contribution is 2.49. The van der Waals surface area contributed by atoms with Crippen molar-refractivity contribution in [3.63, 3.8) is 0 Å². The van der Waals surface area contributed by atoms with Crippen LogP contribution >= 0.6 is 0 Å². The van der Waals surface area contributed by atoms with Crippen molar-refractivity contribution < 1.29 is 9.72 Å². The van der Waals surface area contributed by atoms with Crippen molar-refractivity contribution in [2.45, 2.75) is 24.0 Å². The van der Waals surface area contributed by atoms with Gasteiger partial charge in [0.1, 0.15) is 12.1 Å². The summed E-state index contributed by atoms with van der Waals surface area (Å²) in [6, 6.07) is 21.8. The Morgan fingerprint density at radius 3 is 2.30 bits per heavy atom. The van der Waals surface area contributed by atoms with Gasteiger partial charge in [-0.15, -0.1) is 0 Å². The van der Waals surface area contributed by atoms with E-state index >= 15 is 0 Å². The van der Waals surface area contributed by atoms with Crippen LogP contribution in [0.3, 0.4) is 0 Å². The molecule has 1 fully saturated rings. The number of rotatable bonds is 5. The SMILES string of the molecule is CN(C)c1ccc([C@H]2[C@H]([N+](=O)[O-])[C@@H]3c4ccccc4C=NN3[C@@H]2C(=O)c2ccccc2)cc1. The number of anilines is 1. The normalized spacial score (nSPS) is 23.0. The summed E-state index contributed by atoms with van der Waals surface area (Å²) < 4.78 is 0. The molecule has 2 aliphatic heterocycles. The first-order valence-corrected chi connectivity index (χ1v) is 10.9. The molecule has 0 unspecified atom stereocenters. The maximum Gasteiger partial charge on any atom is 0.248 e. The minimum atomic E-state index is -1.02. The zero-order chi connectivity index (χ0) is 23.1. The van der Waals surface area contributed by atoms with Gasteiger partial charge in [0.05, 0.1) is 12.1 Å². The second-order valence-electron chi connectivity index (χ2n) is 8.66. The molecule has 3 aromatic rings. The molecule has 3 aromatic carbocycles. The summed E-state index contributed by atoms with van der Waals surface area (Å²) in [5.74, 6) is -0.819. The van der Waals surface area contributed by atoms with Crippen LogP contribution in [0, 0.1) is 10.1 Å². The van der Waals surface area contributed by atoms with Gasteiger partial charge in [0, 0.05) is 35.8 Å². The van der Waals surface area contributed by atoms with Crippen LogP contribution in [0.25, 0.3) is 0 Å². The molecule has 0 bridgehead atoms. The van der Waals surface area contributed by atoms with Crippen LogP contribution in [0.5, 0.6) is 0 Å². The van der Waals surface area contributed by atoms with E-state index in [1.807, 2.05) is 73.6 Å². The highest BCUT2D eigenvalue weighted by molar-refractivity contribution is 6.01. The fraction of sp³-hybridized carbons (Fsp3) is 0.231. The minimum absolute atomic E-state index is 0.164. The van der Waals surface area contributed by atoms with Crippen LogP contribution in [0.4, 0.5) is 5.69 Å². The molecule has 0 amide bonds. The van der Waals surface area contributed by atoms with Gasteiger partial charge < -0.3 is 4.90 Å². The second-order valence-corrected chi connectivity index (χ2v) is 8.66. The number of hydrogen-bond acceptors (Lipinski definition) is 6. The van der Waals surface area contributed by atoms with Gasteiger partial charge in [0.15, 0.2) is 5.78 Å². The van der Waals surface area contributed by atoms with Crippen molar-refractivity contribution in [1.29, 1.82) is 0 Å². The van der Waals surface area contributed by atoms with Crippen LogP contribution in [0.1, 0.15) is 39.0 Å². The Morgan fingerprint density at radius 1 is 0.970 bits per heavy atom. The summed E-state index contributed by atoms with van der Waals surface area (Å²) in [7, 11) is 3.89. The van der Waals surface area contributed by atoms with Crippen LogP contribution in [0.2, 0.25) is 0 Å². The lowest BCUT2D eigenvalue weighted by atomic mass is 9.82. The Kier molecular flexibility index (Phi) is 5.17. The Hall–Kier alpha value is -4.00. The first kappa shape index (κ1) is 20.9. The van der Waals surface area contributed by atoms with E-state index in [1.165, 1.54) is 0 Å². The van der Waals surface area contributed by atoms with Gasteiger partial charge in [0.25, 0.3) is 0 Å². The van der Waals surface area contributed by atoms with Crippen molar-refractivity contribution in [1.82, 2.24) is 5.01 Å². The molecule has 166 valence electrons. The van der Waals surface area contributed by atoms with E-state index in [-0.39, 0.29) is 10.7 Å². The van der Waals surface area contributed by atoms with Crippen LogP contribution in [0.15, 0.2) is 84.0 Å². The average Bonchev–Trinajstić information content (AvgIpc) is 3.20. The third kappa shape index (κ3) is 3.46. The highest BCUT2D eigenvalue weighted by atomic mass is 16.6. The molecule has 7 nitrogen and oxygen atoms in total. The summed E-state index contributed by atoms with van der Waals surface area (Å²) in [5.41, 5.74) is 3.95. The van der Waals surface area contributed by atoms with Gasteiger partial charge in [-0.3, -0.25) is 19.9 Å². The molecular formula is C26H24N4O3. The molecule has 7 heteroatoms. The Morgan fingerprint density at radius 2 is 1.64 bits per heavy atom. The highest BCUT2D eigenvalue weighted by Gasteiger charge is 2.60. The molecule has 2 aliphatic rings. The molecule has 0 aromatic heterocycles. The van der Waals surface area contributed by atoms with Gasteiger partial charge >= 0.3 is 0 Å². The number of nitrogens with zero attached hydrogens (tertiary/aromatic N) is 4. The van der Waals surface area contributed by atoms with E-state index in [0.29, 0.717) is 5.56 Å². The summed E-state index contributed by atoms with van der Waals surface area (Å²) >= 11 is 0. The van der Waals surface area contributed by atoms with E-state index in [9.17, 15) is 14.9 Å². The molecule has 2 heterocycles. The predicted molar refractivity (Wildman–Crippen MR) is 127 cm³/mol. The third-order valence-electron chi connectivity index (χ3n) is 6.61. The van der Waals surface area contributed by atoms with Crippen LogP contribution in [-0.4, -0.2) is 48.1 Å². The number of ketones is 1. The fourth-order valence-electron chi connectivity index (χ4n) is 5.05. The van der Waals surface area contributed by atoms with Gasteiger partial charge in [-0.2, -0.15) is 5.10 Å². The molecule has 0 spiro atoms. The van der Waals surface area contributed by atoms with Crippen LogP contribution in [-0.2, 0) is 0 Å². The van der Waals surface area contributed by atoms with Crippen molar-refractivity contribution >= 4 is 17.7 Å². The van der Waals surface area contributed by atoms with Crippen molar-refractivity contribution in [3.05, 3.63) is 111 Å². The van der Waals surface area contributed by atoms with E-state index in [1.54, 1.807) is 35.5 Å². The lowest BCUT2D eigenvalue weighted by Crippen LogP contribution is -2.38. The quantitative estimate of drug-likeness (QED) is 0.339. The molecule has 0 N–H and O–H groups in total. The Bertz CT molecular complexity index is 1220. The zero-order valence-electron chi connectivity index (χ0n) is 18.4. The monoisotopic (exact) mass is 440 g/mol. The van der Waals surface area contributed by atoms with Gasteiger partial charge in [0.2, 0.25) is 6.04 Å². The third-order valence-corrected chi connectivity index (χ3v) is 6.61. The Balaban J connectivity index is 1.68. The summed E-state index contributed by atoms with van der Waals surface area (Å²) in [5, 5.41) is 18.8. The standard InChI is InChI=1S/C26H24N4O3/c1-28(2)20-14-12-17(13-15-20)22-24(30(32)33)23-21-11-7-6-10-19(21)16-27-29(23)25(22)26(31)18-8-4-3-5-9-18/h3-16,22-25H,1-2H3/t22-,23-,24-,25-/m0/s1. The molecule has 1 saturated heterocycles. The maximum absolute atomic E-state index is 13.8. The first-order chi connectivity index (χ1) is 16.0. The summed E-state index contributed by atoms with van der Waals surface area (Å²) in [6.07, 6.45) is 1.70. The number of nitro groups is 1. The van der Waals surface area contributed by atoms with Crippen molar-refractivity contribution in [3.8, 4) is 0 Å². The van der Waals surface area contributed by atoms with Gasteiger partial charge in [-0.1, -0.05) is 66.7 Å². The zero-order valence-corrected chi connectivity index (χ0v) is 18.4. The number of Topliss-reactive ketones (excluding diaryl/α,β-unsaturated/α-hetero) is 1. The molecule has 0 saturated carbocycles. The van der Waals surface area contributed by atoms with Crippen LogP contribution < -0.4 is 4.90 Å². The average molecular weight is 441 g/mol. The number of carbonyl (C=O) groups excluding carboxylic acids is 1. The van der Waals surface area contributed by atoms with Gasteiger partial charge in [-0.25, -0.2) is 0 Å². The molecule has 5 rings (SSSR count). The number of hydrazone groups is 1. The summed E-state index contributed by atoms with van der Waals surface area (Å²) in [6.45, 7) is 0. The molecule has 0 radical (unpaired) electrons. The van der Waals surface area contributed by atoms with E-state index in [0.717, 1.165) is 22.4 Å². The van der Waals surface area contributed by atoms with E-state index in [2.05, 4.69) is 5.10 Å². The number of carbonyl (C=O) groups is 1. The first-order valence-electron chi connectivity index (χ1n) is 10.9. The number of hydrogen-bond donors (Lipinski definition) is 0.